The van der Waals surface area contributed by atoms with Crippen LogP contribution in [0.2, 0.25) is 0 Å². The zero-order chi connectivity index (χ0) is 104. The number of hydrogen-bond acceptors (Lipinski definition) is 31. The number of hydroxylamine groups is 3. The standard InChI is InChI=1S/C55H81NO16.C55H81NO14/c1-16-40-55(30-63-55)46-33(4)42(71-52(8,9)72-46)31(2)28-53(10,61-14)45(70-51-44(39(56(12,13)60)27-32(3)64-51)68-49(58)37-23-19-17-20-24-37)34(5)43(35(6)48(57)66-40)67-41-29-54(11,62-15)47(36(7)65-41)69-50(59)38-25-21-18-22-26-38;1-17-41-33(4)45-34(5)43(69-53(9,10)70-45)31(2)29-54(11,60-15)47(68-52-46(40(56(13)14)28-32(3)62-52)66-50(58)38-24-20-18-21-25-38)35(6)44(36(7)49(57)64-41)65-42-30-55(12,61-16)48(37(8)63-42)67-51(59)39-26-22-19-23-27-39/h17-26,31-36,39-47,51H,16,27-30H2,1-15H3;18-27,31-32,34-37,40-48,52H,4,17,28-30H2,1-3,5-16H3/t31-,32-,33+,34+,35-,36+,39+,40-,41?,42+,43+,44-,45-,46-,47+,51?,53+,54-,55-;31-,32-,34+,35+,36-,37+,40+,41-,42?,43+,44+,45+,46-,47-,48+,52?,54+,55-/m11/s1. The molecule has 1 spiro atoms. The van der Waals surface area contributed by atoms with Crippen LogP contribution in [-0.4, -0.2) is 295 Å². The number of likely N-dealkylation sites (N-methyl/N-ethyl adjacent to an activating group) is 2. The van der Waals surface area contributed by atoms with E-state index in [-0.39, 0.29) is 61.2 Å². The predicted molar refractivity (Wildman–Crippen MR) is 525 cm³/mol. The van der Waals surface area contributed by atoms with Crippen molar-refractivity contribution in [2.24, 2.45) is 47.3 Å². The Morgan fingerprint density at radius 1 is 0.444 bits per heavy atom. The molecule has 9 fully saturated rings. The Morgan fingerprint density at radius 2 is 0.810 bits per heavy atom. The van der Waals surface area contributed by atoms with E-state index in [1.165, 1.54) is 14.1 Å². The number of benzene rings is 4. The molecule has 0 amide bonds. The first-order valence-corrected chi connectivity index (χ1v) is 50.9. The lowest BCUT2D eigenvalue weighted by Crippen LogP contribution is -2.64. The Hall–Kier alpha value is -7.36. The summed E-state index contributed by atoms with van der Waals surface area (Å²) in [6.07, 6.45) is -14.7. The predicted octanol–water partition coefficient (Wildman–Crippen LogP) is 16.4. The van der Waals surface area contributed by atoms with Crippen molar-refractivity contribution in [1.29, 1.82) is 0 Å². The molecular formula is C110H162N2O30. The molecule has 4 unspecified atom stereocenters. The van der Waals surface area contributed by atoms with Gasteiger partial charge in [-0.3, -0.25) is 9.59 Å². The molecule has 37 atom stereocenters. The lowest BCUT2D eigenvalue weighted by atomic mass is 9.73. The SMILES string of the molecule is C=C1[C@@H](CC)OC(=O)[C@H](C)[C@@H](OC2C[C@@](C)(OC)[C@@H](OC(=O)c3ccccc3)[C@H](C)O2)[C@H](C)[C@@H](OC2O[C@H](C)C[C@H](N(C)C)[C@H]2OC(=O)c2ccccc2)[C@@](C)(OC)C[C@@H](C)[C@@H]2OC(C)(C)O[C@@H]1[C@H]2C.CC[C@H]1OC(=O)[C@H](C)[C@@H](OC2C[C@@](C)(OC)[C@@H](OC(=O)c3ccccc3)[C@H](C)O2)[C@H](C)[C@@H](OC2O[C@H](C)C[C@H]([N+](C)(C)[O-])[C@H]2OC(=O)c2ccccc2)[C@@](C)(OC)C[C@@H](C)[C@@H]2OC(C)(C)O[C@H]([C@H]2C)[C@@]12CO2. The van der Waals surface area contributed by atoms with E-state index in [9.17, 15) is 29.2 Å². The summed E-state index contributed by atoms with van der Waals surface area (Å²) in [5, 5.41) is 14.1. The Morgan fingerprint density at radius 3 is 1.19 bits per heavy atom. The summed E-state index contributed by atoms with van der Waals surface area (Å²) < 4.78 is 152. The summed E-state index contributed by atoms with van der Waals surface area (Å²) in [6, 6.07) is 33.7. The minimum atomic E-state index is -1.29. The molecule has 0 saturated carbocycles. The molecular weight excluding hydrogens is 1830 g/mol. The van der Waals surface area contributed by atoms with Crippen LogP contribution >= 0.6 is 0 Å². The molecule has 4 aromatic rings. The van der Waals surface area contributed by atoms with Gasteiger partial charge in [-0.25, -0.2) is 19.2 Å². The minimum absolute atomic E-state index is 0.0921. The van der Waals surface area contributed by atoms with Gasteiger partial charge in [0.2, 0.25) is 12.4 Å². The van der Waals surface area contributed by atoms with Crippen LogP contribution in [0.5, 0.6) is 0 Å². The minimum Gasteiger partial charge on any atom is -0.633 e. The topological polar surface area (TPSA) is 344 Å². The van der Waals surface area contributed by atoms with Crippen molar-refractivity contribution in [3.8, 4) is 0 Å². The molecule has 32 nitrogen and oxygen atoms in total. The van der Waals surface area contributed by atoms with Crippen LogP contribution in [0, 0.1) is 52.6 Å². The summed E-state index contributed by atoms with van der Waals surface area (Å²) in [4.78, 5) is 86.8. The van der Waals surface area contributed by atoms with Gasteiger partial charge < -0.3 is 124 Å². The third-order valence-electron chi connectivity index (χ3n) is 31.3. The molecule has 9 aliphatic heterocycles. The van der Waals surface area contributed by atoms with E-state index < -0.39 is 233 Å². The summed E-state index contributed by atoms with van der Waals surface area (Å²) in [6.45, 7) is 47.1. The third kappa shape index (κ3) is 25.6. The molecule has 792 valence electrons. The molecule has 0 N–H and O–H groups in total. The number of carbonyl (C=O) groups excluding carboxylic acids is 6. The number of esters is 6. The van der Waals surface area contributed by atoms with Crippen LogP contribution in [0.1, 0.15) is 245 Å². The number of nitrogens with zero attached hydrogens (tertiary/aromatic N) is 2. The van der Waals surface area contributed by atoms with Crippen molar-refractivity contribution in [3.63, 3.8) is 0 Å². The zero-order valence-corrected chi connectivity index (χ0v) is 89.2. The number of rotatable bonds is 24. The lowest BCUT2D eigenvalue weighted by Gasteiger charge is -2.53. The highest BCUT2D eigenvalue weighted by Gasteiger charge is 2.67. The quantitative estimate of drug-likeness (QED) is 0.0157. The first-order chi connectivity index (χ1) is 66.7. The number of ether oxygens (including phenoxy) is 23. The first-order valence-electron chi connectivity index (χ1n) is 50.9. The van der Waals surface area contributed by atoms with Crippen LogP contribution in [0.4, 0.5) is 0 Å². The largest absolute Gasteiger partial charge is 0.633 e. The Bertz CT molecular complexity index is 4810. The van der Waals surface area contributed by atoms with E-state index in [1.54, 1.807) is 159 Å². The maximum Gasteiger partial charge on any atom is 0.338 e. The highest BCUT2D eigenvalue weighted by Crippen LogP contribution is 2.53. The number of epoxide rings is 1. The summed E-state index contributed by atoms with van der Waals surface area (Å²) in [5.41, 5.74) is -3.36. The second-order valence-electron chi connectivity index (χ2n) is 43.7. The van der Waals surface area contributed by atoms with Gasteiger partial charge in [0.25, 0.3) is 0 Å². The Balaban J connectivity index is 0.000000254. The fourth-order valence-corrected chi connectivity index (χ4v) is 23.3. The second kappa shape index (κ2) is 46.6. The normalized spacial score (nSPS) is 40.6. The number of carbonyl (C=O) groups is 6. The van der Waals surface area contributed by atoms with Gasteiger partial charge in [-0.05, 0) is 209 Å². The van der Waals surface area contributed by atoms with Crippen LogP contribution in [0.3, 0.4) is 0 Å². The highest BCUT2D eigenvalue weighted by atomic mass is 16.8. The summed E-state index contributed by atoms with van der Waals surface area (Å²) >= 11 is 0. The summed E-state index contributed by atoms with van der Waals surface area (Å²) in [7, 11) is 13.3. The van der Waals surface area contributed by atoms with Crippen molar-refractivity contribution in [2.75, 3.05) is 63.2 Å². The zero-order valence-electron chi connectivity index (χ0n) is 89.2. The molecule has 0 aromatic heterocycles. The van der Waals surface area contributed by atoms with Gasteiger partial charge in [-0.15, -0.1) is 0 Å². The maximum absolute atomic E-state index is 15.1. The van der Waals surface area contributed by atoms with Crippen molar-refractivity contribution in [1.82, 2.24) is 4.90 Å². The van der Waals surface area contributed by atoms with Crippen molar-refractivity contribution in [3.05, 3.63) is 161 Å². The average Bonchev–Trinajstić information content (AvgIpc) is 1.56. The number of cyclic esters (lactones) is 2. The number of fused-ring (bicyclic) bond motifs is 5. The lowest BCUT2D eigenvalue weighted by molar-refractivity contribution is -0.874. The number of methoxy groups -OCH3 is 4. The van der Waals surface area contributed by atoms with Crippen LogP contribution in [0.25, 0.3) is 0 Å². The fraction of sp³-hybridized carbons (Fsp3) is 0.709. The Kier molecular flexibility index (Phi) is 37.2. The Labute approximate surface area is 840 Å². The van der Waals surface area contributed by atoms with E-state index in [0.29, 0.717) is 66.5 Å². The molecule has 0 radical (unpaired) electrons. The van der Waals surface area contributed by atoms with Crippen LogP contribution in [0.15, 0.2) is 133 Å². The van der Waals surface area contributed by atoms with E-state index >= 15 is 4.79 Å². The van der Waals surface area contributed by atoms with E-state index in [1.807, 2.05) is 134 Å². The fourth-order valence-electron chi connectivity index (χ4n) is 23.3. The third-order valence-corrected chi connectivity index (χ3v) is 31.3. The smallest absolute Gasteiger partial charge is 0.338 e. The van der Waals surface area contributed by atoms with Crippen LogP contribution in [-0.2, 0) is 119 Å². The molecule has 13 rings (SSSR count). The van der Waals surface area contributed by atoms with Crippen molar-refractivity contribution in [2.45, 2.75) is 390 Å². The van der Waals surface area contributed by atoms with Gasteiger partial charge in [0.15, 0.2) is 54.4 Å². The summed E-state index contributed by atoms with van der Waals surface area (Å²) in [5.74, 6) is -9.47. The van der Waals surface area contributed by atoms with E-state index in [0.717, 1.165) is 0 Å². The van der Waals surface area contributed by atoms with E-state index in [2.05, 4.69) is 34.3 Å². The molecule has 9 aliphatic rings. The maximum atomic E-state index is 15.1. The van der Waals surface area contributed by atoms with Crippen molar-refractivity contribution < 1.29 is 142 Å². The number of hydrogen-bond donors (Lipinski definition) is 0. The van der Waals surface area contributed by atoms with Gasteiger partial charge in [0, 0.05) is 71.4 Å². The monoisotopic (exact) mass is 1990 g/mol. The van der Waals surface area contributed by atoms with Gasteiger partial charge in [0.1, 0.15) is 35.6 Å². The molecule has 142 heavy (non-hydrogen) atoms. The second-order valence-corrected chi connectivity index (χ2v) is 43.7. The molecule has 9 heterocycles. The van der Waals surface area contributed by atoms with Crippen molar-refractivity contribution >= 4 is 35.8 Å². The molecule has 4 bridgehead atoms. The van der Waals surface area contributed by atoms with Gasteiger partial charge >= 0.3 is 35.8 Å². The van der Waals surface area contributed by atoms with Gasteiger partial charge in [-0.2, -0.15) is 0 Å². The van der Waals surface area contributed by atoms with Gasteiger partial charge in [0.05, 0.1) is 139 Å². The van der Waals surface area contributed by atoms with E-state index in [4.69, 9.17) is 109 Å². The number of quaternary nitrogens is 1. The highest BCUT2D eigenvalue weighted by molar-refractivity contribution is 5.91. The first kappa shape index (κ1) is 113. The molecule has 4 aromatic carbocycles. The molecule has 9 saturated heterocycles. The molecule has 0 aliphatic carbocycles. The van der Waals surface area contributed by atoms with Crippen LogP contribution < -0.4 is 0 Å². The molecule has 32 heteroatoms. The van der Waals surface area contributed by atoms with Gasteiger partial charge in [-0.1, -0.05) is 135 Å². The average molecular weight is 1990 g/mol.